The summed E-state index contributed by atoms with van der Waals surface area (Å²) in [6, 6.07) is 6.88. The largest absolute Gasteiger partial charge is 0.511 e. The first-order valence-corrected chi connectivity index (χ1v) is 8.20. The summed E-state index contributed by atoms with van der Waals surface area (Å²) in [4.78, 5) is 28.4. The number of aliphatic hydroxyl groups is 1. The number of allylic oxidation sites excluding steroid dienone is 2. The van der Waals surface area contributed by atoms with Gasteiger partial charge in [-0.25, -0.2) is 0 Å². The molecule has 128 valence electrons. The molecule has 0 fully saturated rings. The third-order valence-electron chi connectivity index (χ3n) is 3.88. The fourth-order valence-corrected chi connectivity index (χ4v) is 2.66. The van der Waals surface area contributed by atoms with Gasteiger partial charge < -0.3 is 10.4 Å². The van der Waals surface area contributed by atoms with Crippen LogP contribution in [-0.4, -0.2) is 29.6 Å². The molecule has 2 rings (SSSR count). The molecule has 1 aromatic rings. The number of hydrogen-bond donors (Lipinski definition) is 2. The van der Waals surface area contributed by atoms with E-state index in [0.717, 1.165) is 6.42 Å². The number of carbonyl (C=O) groups is 2. The SMILES string of the molecule is CCCNC(=O)c1cccc(N=CC2=C(O)CC(C)(C)CC2=O)c1. The van der Waals surface area contributed by atoms with E-state index in [2.05, 4.69) is 10.3 Å². The third kappa shape index (κ3) is 4.54. The van der Waals surface area contributed by atoms with Crippen LogP contribution in [0, 0.1) is 5.41 Å². The molecule has 1 aliphatic rings. The molecule has 0 spiro atoms. The predicted molar refractivity (Wildman–Crippen MR) is 94.9 cm³/mol. The van der Waals surface area contributed by atoms with Gasteiger partial charge in [-0.2, -0.15) is 0 Å². The molecular weight excluding hydrogens is 304 g/mol. The van der Waals surface area contributed by atoms with Crippen LogP contribution in [0.2, 0.25) is 0 Å². The summed E-state index contributed by atoms with van der Waals surface area (Å²) in [5.41, 5.74) is 1.12. The predicted octanol–water partition coefficient (Wildman–Crippen LogP) is 3.73. The van der Waals surface area contributed by atoms with Gasteiger partial charge in [0.05, 0.1) is 11.3 Å². The van der Waals surface area contributed by atoms with Gasteiger partial charge in [-0.15, -0.1) is 0 Å². The highest BCUT2D eigenvalue weighted by molar-refractivity contribution is 6.15. The molecule has 0 heterocycles. The van der Waals surface area contributed by atoms with Crippen molar-refractivity contribution in [2.75, 3.05) is 6.54 Å². The Morgan fingerprint density at radius 1 is 1.38 bits per heavy atom. The maximum absolute atomic E-state index is 12.2. The van der Waals surface area contributed by atoms with Crippen LogP contribution in [0.4, 0.5) is 5.69 Å². The molecule has 0 atom stereocenters. The zero-order valence-corrected chi connectivity index (χ0v) is 14.4. The van der Waals surface area contributed by atoms with E-state index in [1.54, 1.807) is 24.3 Å². The van der Waals surface area contributed by atoms with Gasteiger partial charge in [0.2, 0.25) is 0 Å². The molecule has 1 aromatic carbocycles. The van der Waals surface area contributed by atoms with Crippen LogP contribution in [0.15, 0.2) is 40.6 Å². The first kappa shape index (κ1) is 17.9. The highest BCUT2D eigenvalue weighted by Crippen LogP contribution is 2.35. The second kappa shape index (κ2) is 7.43. The number of benzene rings is 1. The number of carbonyl (C=O) groups excluding carboxylic acids is 2. The maximum atomic E-state index is 12.2. The number of hydrogen-bond acceptors (Lipinski definition) is 4. The van der Waals surface area contributed by atoms with Crippen LogP contribution in [0.5, 0.6) is 0 Å². The van der Waals surface area contributed by atoms with Gasteiger partial charge in [0.15, 0.2) is 5.78 Å². The first-order chi connectivity index (χ1) is 11.3. The van der Waals surface area contributed by atoms with Gasteiger partial charge >= 0.3 is 0 Å². The third-order valence-corrected chi connectivity index (χ3v) is 3.88. The van der Waals surface area contributed by atoms with E-state index >= 15 is 0 Å². The summed E-state index contributed by atoms with van der Waals surface area (Å²) in [5.74, 6) is -0.173. The molecule has 1 amide bonds. The second-order valence-corrected chi connectivity index (χ2v) is 6.87. The van der Waals surface area contributed by atoms with Crippen molar-refractivity contribution in [3.05, 3.63) is 41.2 Å². The number of Topliss-reactive ketones (excluding diaryl/α,β-unsaturated/α-hetero) is 1. The Hall–Kier alpha value is -2.43. The second-order valence-electron chi connectivity index (χ2n) is 6.87. The quantitative estimate of drug-likeness (QED) is 0.808. The van der Waals surface area contributed by atoms with E-state index in [-0.39, 0.29) is 28.4 Å². The lowest BCUT2D eigenvalue weighted by Crippen LogP contribution is -2.26. The highest BCUT2D eigenvalue weighted by Gasteiger charge is 2.32. The molecule has 24 heavy (non-hydrogen) atoms. The molecule has 0 radical (unpaired) electrons. The van der Waals surface area contributed by atoms with Crippen LogP contribution in [0.3, 0.4) is 0 Å². The Labute approximate surface area is 142 Å². The van der Waals surface area contributed by atoms with Gasteiger partial charge in [-0.1, -0.05) is 26.8 Å². The summed E-state index contributed by atoms with van der Waals surface area (Å²) in [6.45, 7) is 6.52. The molecule has 1 aliphatic carbocycles. The number of nitrogens with one attached hydrogen (secondary N) is 1. The topological polar surface area (TPSA) is 78.8 Å². The van der Waals surface area contributed by atoms with Crippen molar-refractivity contribution in [2.24, 2.45) is 10.4 Å². The standard InChI is InChI=1S/C19H24N2O3/c1-4-8-20-18(24)13-6-5-7-14(9-13)21-12-15-16(22)10-19(2,3)11-17(15)23/h5-7,9,12,22H,4,8,10-11H2,1-3H3,(H,20,24). The van der Waals surface area contributed by atoms with Gasteiger partial charge in [0.25, 0.3) is 5.91 Å². The number of aliphatic imine (C=N–C) groups is 1. The summed E-state index contributed by atoms with van der Waals surface area (Å²) in [7, 11) is 0. The van der Waals surface area contributed by atoms with E-state index in [1.807, 2.05) is 20.8 Å². The Kier molecular flexibility index (Phi) is 5.54. The van der Waals surface area contributed by atoms with Gasteiger partial charge in [-0.05, 0) is 30.0 Å². The smallest absolute Gasteiger partial charge is 0.251 e. The first-order valence-electron chi connectivity index (χ1n) is 8.20. The molecule has 0 aliphatic heterocycles. The highest BCUT2D eigenvalue weighted by atomic mass is 16.3. The van der Waals surface area contributed by atoms with Crippen molar-refractivity contribution in [3.63, 3.8) is 0 Å². The van der Waals surface area contributed by atoms with E-state index in [1.165, 1.54) is 6.21 Å². The van der Waals surface area contributed by atoms with E-state index in [0.29, 0.717) is 30.6 Å². The lowest BCUT2D eigenvalue weighted by molar-refractivity contribution is -0.117. The Bertz CT molecular complexity index is 702. The Morgan fingerprint density at radius 3 is 2.79 bits per heavy atom. The lowest BCUT2D eigenvalue weighted by Gasteiger charge is -2.28. The molecule has 0 saturated heterocycles. The monoisotopic (exact) mass is 328 g/mol. The number of ketones is 1. The van der Waals surface area contributed by atoms with Crippen molar-refractivity contribution in [3.8, 4) is 0 Å². The summed E-state index contributed by atoms with van der Waals surface area (Å²) >= 11 is 0. The average Bonchev–Trinajstić information content (AvgIpc) is 2.51. The Balaban J connectivity index is 2.18. The molecule has 0 aromatic heterocycles. The molecule has 5 nitrogen and oxygen atoms in total. The van der Waals surface area contributed by atoms with Crippen molar-refractivity contribution in [2.45, 2.75) is 40.0 Å². The van der Waals surface area contributed by atoms with Gasteiger partial charge in [-0.3, -0.25) is 14.6 Å². The molecular formula is C19H24N2O3. The minimum Gasteiger partial charge on any atom is -0.511 e. The molecule has 0 unspecified atom stereocenters. The van der Waals surface area contributed by atoms with Crippen molar-refractivity contribution < 1.29 is 14.7 Å². The number of amides is 1. The Morgan fingerprint density at radius 2 is 2.12 bits per heavy atom. The summed E-state index contributed by atoms with van der Waals surface area (Å²) in [6.07, 6.45) is 3.11. The van der Waals surface area contributed by atoms with Crippen LogP contribution < -0.4 is 5.32 Å². The van der Waals surface area contributed by atoms with Gasteiger partial charge in [0, 0.05) is 31.2 Å². The lowest BCUT2D eigenvalue weighted by atomic mass is 9.77. The van der Waals surface area contributed by atoms with Crippen molar-refractivity contribution in [1.82, 2.24) is 5.32 Å². The molecule has 0 bridgehead atoms. The molecule has 5 heteroatoms. The van der Waals surface area contributed by atoms with Crippen LogP contribution in [0.25, 0.3) is 0 Å². The van der Waals surface area contributed by atoms with Gasteiger partial charge in [0.1, 0.15) is 5.76 Å². The van der Waals surface area contributed by atoms with E-state index in [4.69, 9.17) is 0 Å². The van der Waals surface area contributed by atoms with Crippen LogP contribution in [0.1, 0.15) is 50.4 Å². The zero-order valence-electron chi connectivity index (χ0n) is 14.4. The van der Waals surface area contributed by atoms with Crippen LogP contribution >= 0.6 is 0 Å². The fourth-order valence-electron chi connectivity index (χ4n) is 2.66. The van der Waals surface area contributed by atoms with Crippen molar-refractivity contribution in [1.29, 1.82) is 0 Å². The summed E-state index contributed by atoms with van der Waals surface area (Å²) in [5, 5.41) is 12.9. The normalized spacial score (nSPS) is 17.4. The number of rotatable bonds is 5. The number of nitrogens with zero attached hydrogens (tertiary/aromatic N) is 1. The zero-order chi connectivity index (χ0) is 17.7. The van der Waals surface area contributed by atoms with Crippen LogP contribution in [-0.2, 0) is 4.79 Å². The molecule has 2 N–H and O–H groups in total. The fraction of sp³-hybridized carbons (Fsp3) is 0.421. The minimum atomic E-state index is -0.226. The maximum Gasteiger partial charge on any atom is 0.251 e. The number of aliphatic hydroxyl groups excluding tert-OH is 1. The minimum absolute atomic E-state index is 0.0804. The average molecular weight is 328 g/mol. The van der Waals surface area contributed by atoms with E-state index < -0.39 is 0 Å². The van der Waals surface area contributed by atoms with Crippen molar-refractivity contribution >= 4 is 23.6 Å². The summed E-state index contributed by atoms with van der Waals surface area (Å²) < 4.78 is 0. The molecule has 0 saturated carbocycles. The van der Waals surface area contributed by atoms with E-state index in [9.17, 15) is 14.7 Å².